The summed E-state index contributed by atoms with van der Waals surface area (Å²) in [7, 11) is -3.39. The number of benzene rings is 1. The van der Waals surface area contributed by atoms with E-state index in [1.54, 1.807) is 0 Å². The second-order valence-electron chi connectivity index (χ2n) is 7.17. The number of anilines is 1. The van der Waals surface area contributed by atoms with Gasteiger partial charge in [-0.05, 0) is 31.0 Å². The van der Waals surface area contributed by atoms with Crippen molar-refractivity contribution in [2.75, 3.05) is 24.1 Å². The number of hydrogen-bond donors (Lipinski definition) is 4. The predicted octanol–water partition coefficient (Wildman–Crippen LogP) is 0.677. The number of piperidine rings is 1. The Kier molecular flexibility index (Phi) is 3.68. The lowest BCUT2D eigenvalue weighted by Crippen LogP contribution is -2.49. The number of thiol groups is 1. The molecule has 0 aromatic heterocycles. The van der Waals surface area contributed by atoms with Crippen molar-refractivity contribution in [2.45, 2.75) is 29.3 Å². The first-order valence-electron chi connectivity index (χ1n) is 8.15. The smallest absolute Gasteiger partial charge is 0.270 e. The van der Waals surface area contributed by atoms with Crippen LogP contribution in [0.4, 0.5) is 5.69 Å². The van der Waals surface area contributed by atoms with Gasteiger partial charge in [-0.1, -0.05) is 0 Å². The van der Waals surface area contributed by atoms with E-state index in [4.69, 9.17) is 5.41 Å². The second kappa shape index (κ2) is 5.46. The molecule has 0 radical (unpaired) electrons. The third-order valence-corrected chi connectivity index (χ3v) is 6.54. The summed E-state index contributed by atoms with van der Waals surface area (Å²) in [6, 6.07) is 4.68. The van der Waals surface area contributed by atoms with Crippen molar-refractivity contribution < 1.29 is 13.2 Å². The fourth-order valence-electron chi connectivity index (χ4n) is 4.21. The first kappa shape index (κ1) is 16.9. The number of carbonyl (C=O) groups excluding carboxylic acids is 1. The molecule has 3 fully saturated rings. The third kappa shape index (κ3) is 2.84. The monoisotopic (exact) mass is 380 g/mol. The summed E-state index contributed by atoms with van der Waals surface area (Å²) >= 11 is 4.30. The van der Waals surface area contributed by atoms with Gasteiger partial charge >= 0.3 is 0 Å². The normalized spacial score (nSPS) is 30.0. The molecule has 1 spiro atoms. The van der Waals surface area contributed by atoms with Gasteiger partial charge < -0.3 is 5.32 Å². The zero-order chi connectivity index (χ0) is 18.0. The average molecular weight is 380 g/mol. The molecule has 3 N–H and O–H groups in total. The summed E-state index contributed by atoms with van der Waals surface area (Å²) in [6.45, 7) is 1.98. The highest BCUT2D eigenvalue weighted by Crippen LogP contribution is 2.62. The van der Waals surface area contributed by atoms with Crippen LogP contribution in [-0.2, 0) is 14.8 Å². The summed E-state index contributed by atoms with van der Waals surface area (Å²) in [5.74, 6) is 0.114. The van der Waals surface area contributed by atoms with Crippen molar-refractivity contribution in [1.82, 2.24) is 10.2 Å². The van der Waals surface area contributed by atoms with Crippen LogP contribution in [0.15, 0.2) is 23.1 Å². The highest BCUT2D eigenvalue weighted by Gasteiger charge is 2.70. The molecule has 1 amide bonds. The highest BCUT2D eigenvalue weighted by atomic mass is 32.2. The molecule has 3 aliphatic rings. The van der Waals surface area contributed by atoms with Crippen LogP contribution in [0.5, 0.6) is 0 Å². The maximum atomic E-state index is 12.5. The van der Waals surface area contributed by atoms with Gasteiger partial charge in [0.15, 0.2) is 0 Å². The Morgan fingerprint density at radius 2 is 2.20 bits per heavy atom. The van der Waals surface area contributed by atoms with Crippen LogP contribution >= 0.6 is 12.6 Å². The Hall–Kier alpha value is -1.58. The van der Waals surface area contributed by atoms with Gasteiger partial charge in [0, 0.05) is 46.7 Å². The summed E-state index contributed by atoms with van der Waals surface area (Å²) in [4.78, 5) is 15.3. The molecule has 1 aliphatic carbocycles. The van der Waals surface area contributed by atoms with Crippen LogP contribution in [0.3, 0.4) is 0 Å². The molecule has 25 heavy (non-hydrogen) atoms. The average Bonchev–Trinajstić information content (AvgIpc) is 3.21. The van der Waals surface area contributed by atoms with E-state index in [0.717, 1.165) is 25.8 Å². The highest BCUT2D eigenvalue weighted by molar-refractivity contribution is 7.92. The number of carbonyl (C=O) groups is 1. The number of nitrogens with one attached hydrogen (secondary N) is 3. The molecule has 1 aromatic rings. The Morgan fingerprint density at radius 1 is 1.44 bits per heavy atom. The standard InChI is InChI=1S/C16H20N4O3S2/c1-25(22,23)19-9-2-3-10(13(24)6-9)14(17)15(21)18-12-8-20-5-4-16(20)7-11(12)16/h2-3,6,11-12,17,19,24H,4-5,7-8H2,1H3,(H,18,21)/t11?,12-,16?/m1/s1. The van der Waals surface area contributed by atoms with E-state index in [0.29, 0.717) is 27.6 Å². The lowest BCUT2D eigenvalue weighted by atomic mass is 10.0. The van der Waals surface area contributed by atoms with Crippen LogP contribution in [0.1, 0.15) is 18.4 Å². The van der Waals surface area contributed by atoms with Gasteiger partial charge in [0.2, 0.25) is 10.0 Å². The molecule has 134 valence electrons. The van der Waals surface area contributed by atoms with Crippen molar-refractivity contribution in [3.8, 4) is 0 Å². The summed E-state index contributed by atoms with van der Waals surface area (Å²) in [6.07, 6.45) is 3.43. The Balaban J connectivity index is 1.44. The first-order valence-corrected chi connectivity index (χ1v) is 10.5. The molecule has 4 rings (SSSR count). The number of hydrogen-bond acceptors (Lipinski definition) is 6. The number of rotatable bonds is 5. The van der Waals surface area contributed by atoms with Crippen LogP contribution in [-0.4, -0.2) is 55.9 Å². The molecule has 2 heterocycles. The third-order valence-electron chi connectivity index (χ3n) is 5.56. The van der Waals surface area contributed by atoms with Crippen LogP contribution in [0.25, 0.3) is 0 Å². The SMILES string of the molecule is CS(=O)(=O)Nc1ccc(C(=N)C(=O)N[C@@H]2CN3CCC34CC24)c(S)c1. The van der Waals surface area contributed by atoms with Gasteiger partial charge in [-0.25, -0.2) is 8.42 Å². The molecule has 0 bridgehead atoms. The number of amides is 1. The van der Waals surface area contributed by atoms with E-state index >= 15 is 0 Å². The van der Waals surface area contributed by atoms with Gasteiger partial charge in [-0.3, -0.25) is 19.8 Å². The zero-order valence-corrected chi connectivity index (χ0v) is 15.5. The molecule has 9 heteroatoms. The van der Waals surface area contributed by atoms with Crippen molar-refractivity contribution in [3.05, 3.63) is 23.8 Å². The molecule has 1 saturated carbocycles. The second-order valence-corrected chi connectivity index (χ2v) is 9.40. The van der Waals surface area contributed by atoms with Crippen LogP contribution in [0.2, 0.25) is 0 Å². The lowest BCUT2D eigenvalue weighted by Gasteiger charge is -2.38. The van der Waals surface area contributed by atoms with E-state index in [-0.39, 0.29) is 11.8 Å². The van der Waals surface area contributed by atoms with E-state index in [1.165, 1.54) is 24.6 Å². The van der Waals surface area contributed by atoms with Crippen molar-refractivity contribution in [1.29, 1.82) is 5.41 Å². The van der Waals surface area contributed by atoms with E-state index in [1.807, 2.05) is 0 Å². The molecule has 7 nitrogen and oxygen atoms in total. The van der Waals surface area contributed by atoms with Gasteiger partial charge in [-0.15, -0.1) is 12.6 Å². The number of sulfonamides is 1. The summed E-state index contributed by atoms with van der Waals surface area (Å²) < 4.78 is 24.9. The van der Waals surface area contributed by atoms with Crippen molar-refractivity contribution in [3.63, 3.8) is 0 Å². The van der Waals surface area contributed by atoms with Crippen molar-refractivity contribution >= 4 is 40.0 Å². The first-order chi connectivity index (χ1) is 11.7. The lowest BCUT2D eigenvalue weighted by molar-refractivity contribution is -0.115. The minimum absolute atomic E-state index is 0.116. The minimum Gasteiger partial charge on any atom is -0.346 e. The van der Waals surface area contributed by atoms with Gasteiger partial charge in [0.1, 0.15) is 5.71 Å². The Bertz CT molecular complexity index is 885. The Morgan fingerprint density at radius 3 is 2.68 bits per heavy atom. The maximum Gasteiger partial charge on any atom is 0.270 e. The molecule has 2 saturated heterocycles. The quantitative estimate of drug-likeness (QED) is 0.446. The van der Waals surface area contributed by atoms with Gasteiger partial charge in [-0.2, -0.15) is 0 Å². The molecule has 2 unspecified atom stereocenters. The van der Waals surface area contributed by atoms with Gasteiger partial charge in [0.25, 0.3) is 5.91 Å². The predicted molar refractivity (Wildman–Crippen MR) is 97.9 cm³/mol. The topological polar surface area (TPSA) is 102 Å². The summed E-state index contributed by atoms with van der Waals surface area (Å²) in [5.41, 5.74) is 0.935. The largest absolute Gasteiger partial charge is 0.346 e. The molecule has 3 atom stereocenters. The van der Waals surface area contributed by atoms with E-state index in [2.05, 4.69) is 27.6 Å². The molecular formula is C16H20N4O3S2. The van der Waals surface area contributed by atoms with Gasteiger partial charge in [0.05, 0.1) is 6.26 Å². The molecular weight excluding hydrogens is 360 g/mol. The fourth-order valence-corrected chi connectivity index (χ4v) is 5.09. The fraction of sp³-hybridized carbons (Fsp3) is 0.500. The summed E-state index contributed by atoms with van der Waals surface area (Å²) in [5, 5.41) is 11.2. The van der Waals surface area contributed by atoms with E-state index in [9.17, 15) is 13.2 Å². The number of nitrogens with zero attached hydrogens (tertiary/aromatic N) is 1. The molecule has 2 aliphatic heterocycles. The van der Waals surface area contributed by atoms with Crippen molar-refractivity contribution in [2.24, 2.45) is 5.92 Å². The van der Waals surface area contributed by atoms with Crippen LogP contribution < -0.4 is 10.0 Å². The van der Waals surface area contributed by atoms with E-state index < -0.39 is 15.9 Å². The van der Waals surface area contributed by atoms with Crippen LogP contribution in [0, 0.1) is 11.3 Å². The zero-order valence-electron chi connectivity index (χ0n) is 13.7. The molecule has 1 aromatic carbocycles. The minimum atomic E-state index is -3.39. The Labute approximate surface area is 152 Å². The maximum absolute atomic E-state index is 12.5.